The number of rotatable bonds is 7. The minimum absolute atomic E-state index is 0.166. The number of nitrogens with one attached hydrogen (secondary N) is 1. The fraction of sp³-hybridized carbons (Fsp3) is 0.900. The minimum atomic E-state index is -0.234. The Hall–Kier alpha value is -0.610. The summed E-state index contributed by atoms with van der Waals surface area (Å²) < 4.78 is 9.89. The predicted octanol–water partition coefficient (Wildman–Crippen LogP) is 0.954. The van der Waals surface area contributed by atoms with E-state index in [1.54, 1.807) is 7.11 Å². The number of hydrogen-bond donors (Lipinski definition) is 1. The molecule has 84 valence electrons. The molecule has 4 heteroatoms. The smallest absolute Gasteiger partial charge is 0.307 e. The van der Waals surface area contributed by atoms with E-state index in [2.05, 4.69) is 5.32 Å². The molecule has 1 unspecified atom stereocenters. The predicted molar refractivity (Wildman–Crippen MR) is 55.2 cm³/mol. The van der Waals surface area contributed by atoms with Crippen molar-refractivity contribution in [2.75, 3.05) is 27.4 Å². The molecule has 0 bridgehead atoms. The van der Waals surface area contributed by atoms with Gasteiger partial charge in [0.05, 0.1) is 13.0 Å². The van der Waals surface area contributed by atoms with Crippen molar-refractivity contribution in [3.8, 4) is 0 Å². The first-order valence-corrected chi connectivity index (χ1v) is 4.91. The lowest BCUT2D eigenvalue weighted by molar-refractivity contribution is -0.144. The van der Waals surface area contributed by atoms with Gasteiger partial charge in [-0.1, -0.05) is 0 Å². The van der Waals surface area contributed by atoms with Crippen molar-refractivity contribution in [1.82, 2.24) is 5.32 Å². The molecule has 0 aromatic heterocycles. The summed E-state index contributed by atoms with van der Waals surface area (Å²) in [6.45, 7) is 4.87. The van der Waals surface area contributed by atoms with Crippen LogP contribution >= 0.6 is 0 Å². The molecule has 0 aromatic carbocycles. The molecule has 0 aliphatic heterocycles. The van der Waals surface area contributed by atoms with Crippen LogP contribution in [-0.2, 0) is 14.3 Å². The fourth-order valence-corrected chi connectivity index (χ4v) is 1.16. The van der Waals surface area contributed by atoms with Crippen LogP contribution in [0.5, 0.6) is 0 Å². The number of carbonyl (C=O) groups excluding carboxylic acids is 1. The summed E-state index contributed by atoms with van der Waals surface area (Å²) in [6.07, 6.45) is 1.17. The molecule has 1 N–H and O–H groups in total. The molecular formula is C10H21NO3. The van der Waals surface area contributed by atoms with E-state index in [0.717, 1.165) is 6.42 Å². The summed E-state index contributed by atoms with van der Waals surface area (Å²) >= 11 is 0. The molecule has 14 heavy (non-hydrogen) atoms. The van der Waals surface area contributed by atoms with Crippen molar-refractivity contribution in [2.24, 2.45) is 0 Å². The molecule has 0 fully saturated rings. The highest BCUT2D eigenvalue weighted by Gasteiger charge is 2.25. The molecule has 0 radical (unpaired) electrons. The summed E-state index contributed by atoms with van der Waals surface area (Å²) in [6, 6.07) is 0. The lowest BCUT2D eigenvalue weighted by atomic mass is 9.94. The Morgan fingerprint density at radius 1 is 1.50 bits per heavy atom. The van der Waals surface area contributed by atoms with Crippen molar-refractivity contribution in [3.63, 3.8) is 0 Å². The lowest BCUT2D eigenvalue weighted by Crippen LogP contribution is -2.43. The fourth-order valence-electron chi connectivity index (χ4n) is 1.16. The summed E-state index contributed by atoms with van der Waals surface area (Å²) in [5.41, 5.74) is -0.234. The first-order chi connectivity index (χ1) is 6.58. The van der Waals surface area contributed by atoms with Crippen molar-refractivity contribution in [2.45, 2.75) is 32.2 Å². The van der Waals surface area contributed by atoms with Gasteiger partial charge in [-0.15, -0.1) is 0 Å². The number of esters is 1. The topological polar surface area (TPSA) is 47.6 Å². The zero-order valence-electron chi connectivity index (χ0n) is 9.55. The number of carbonyl (C=O) groups is 1. The second kappa shape index (κ2) is 6.79. The second-order valence-electron chi connectivity index (χ2n) is 3.54. The highest BCUT2D eigenvalue weighted by atomic mass is 16.5. The van der Waals surface area contributed by atoms with Crippen molar-refractivity contribution in [1.29, 1.82) is 0 Å². The third kappa shape index (κ3) is 5.19. The van der Waals surface area contributed by atoms with Gasteiger partial charge in [0.15, 0.2) is 0 Å². The molecule has 0 aromatic rings. The van der Waals surface area contributed by atoms with Gasteiger partial charge in [0.25, 0.3) is 0 Å². The van der Waals surface area contributed by atoms with E-state index < -0.39 is 0 Å². The number of methoxy groups -OCH3 is 1. The van der Waals surface area contributed by atoms with Gasteiger partial charge in [-0.2, -0.15) is 0 Å². The Morgan fingerprint density at radius 2 is 2.14 bits per heavy atom. The Bertz CT molecular complexity index is 173. The van der Waals surface area contributed by atoms with E-state index >= 15 is 0 Å². The molecule has 0 saturated carbocycles. The molecule has 0 heterocycles. The molecule has 0 spiro atoms. The Kier molecular flexibility index (Phi) is 6.49. The normalized spacial score (nSPS) is 14.9. The number of ether oxygens (including phenoxy) is 2. The van der Waals surface area contributed by atoms with Gasteiger partial charge >= 0.3 is 5.97 Å². The first kappa shape index (κ1) is 13.4. The number of hydrogen-bond acceptors (Lipinski definition) is 4. The van der Waals surface area contributed by atoms with Gasteiger partial charge in [0, 0.05) is 19.3 Å². The second-order valence-corrected chi connectivity index (χ2v) is 3.54. The van der Waals surface area contributed by atoms with Crippen molar-refractivity contribution >= 4 is 5.97 Å². The SMILES string of the molecule is CCOC(=O)CC(C)(CCOC)NC. The van der Waals surface area contributed by atoms with Crippen LogP contribution in [0.3, 0.4) is 0 Å². The summed E-state index contributed by atoms with van der Waals surface area (Å²) in [5, 5.41) is 3.12. The third-order valence-electron chi connectivity index (χ3n) is 2.30. The Morgan fingerprint density at radius 3 is 2.57 bits per heavy atom. The summed E-state index contributed by atoms with van der Waals surface area (Å²) in [4.78, 5) is 11.3. The van der Waals surface area contributed by atoms with E-state index in [0.29, 0.717) is 19.6 Å². The van der Waals surface area contributed by atoms with E-state index in [1.807, 2.05) is 20.9 Å². The average Bonchev–Trinajstić information content (AvgIpc) is 2.15. The quantitative estimate of drug-likeness (QED) is 0.626. The van der Waals surface area contributed by atoms with Crippen molar-refractivity contribution in [3.05, 3.63) is 0 Å². The third-order valence-corrected chi connectivity index (χ3v) is 2.30. The molecule has 0 amide bonds. The Balaban J connectivity index is 4.03. The summed E-state index contributed by atoms with van der Waals surface area (Å²) in [7, 11) is 3.50. The van der Waals surface area contributed by atoms with Gasteiger partial charge in [0.1, 0.15) is 0 Å². The molecule has 1 atom stereocenters. The maximum absolute atomic E-state index is 11.3. The molecule has 0 aliphatic carbocycles. The van der Waals surface area contributed by atoms with Crippen molar-refractivity contribution < 1.29 is 14.3 Å². The largest absolute Gasteiger partial charge is 0.466 e. The van der Waals surface area contributed by atoms with E-state index in [1.165, 1.54) is 0 Å². The zero-order chi connectivity index (χ0) is 11.0. The average molecular weight is 203 g/mol. The highest BCUT2D eigenvalue weighted by Crippen LogP contribution is 2.14. The zero-order valence-corrected chi connectivity index (χ0v) is 9.55. The van der Waals surface area contributed by atoms with Crippen LogP contribution in [0.4, 0.5) is 0 Å². The minimum Gasteiger partial charge on any atom is -0.466 e. The first-order valence-electron chi connectivity index (χ1n) is 4.91. The Labute approximate surface area is 86.0 Å². The molecule has 4 nitrogen and oxygen atoms in total. The van der Waals surface area contributed by atoms with Gasteiger partial charge in [-0.05, 0) is 27.3 Å². The van der Waals surface area contributed by atoms with E-state index in [4.69, 9.17) is 9.47 Å². The highest BCUT2D eigenvalue weighted by molar-refractivity contribution is 5.70. The lowest BCUT2D eigenvalue weighted by Gasteiger charge is -2.27. The maximum Gasteiger partial charge on any atom is 0.307 e. The van der Waals surface area contributed by atoms with Crippen LogP contribution in [0.2, 0.25) is 0 Å². The van der Waals surface area contributed by atoms with Crippen LogP contribution in [-0.4, -0.2) is 38.9 Å². The molecule has 0 saturated heterocycles. The van der Waals surface area contributed by atoms with E-state index in [-0.39, 0.29) is 11.5 Å². The van der Waals surface area contributed by atoms with E-state index in [9.17, 15) is 4.79 Å². The molecule has 0 aliphatic rings. The standard InChI is InChI=1S/C10H21NO3/c1-5-14-9(12)8-10(2,11-3)6-7-13-4/h11H,5-8H2,1-4H3. The summed E-state index contributed by atoms with van der Waals surface area (Å²) in [5.74, 6) is -0.166. The van der Waals surface area contributed by atoms with Gasteiger partial charge in [-0.3, -0.25) is 4.79 Å². The van der Waals surface area contributed by atoms with Gasteiger partial charge in [0.2, 0.25) is 0 Å². The monoisotopic (exact) mass is 203 g/mol. The van der Waals surface area contributed by atoms with Gasteiger partial charge in [-0.25, -0.2) is 0 Å². The van der Waals surface area contributed by atoms with Crippen LogP contribution in [0.25, 0.3) is 0 Å². The van der Waals surface area contributed by atoms with Crippen LogP contribution in [0, 0.1) is 0 Å². The van der Waals surface area contributed by atoms with Gasteiger partial charge < -0.3 is 14.8 Å². The van der Waals surface area contributed by atoms with Crippen LogP contribution in [0.15, 0.2) is 0 Å². The van der Waals surface area contributed by atoms with Crippen LogP contribution in [0.1, 0.15) is 26.7 Å². The molecular weight excluding hydrogens is 182 g/mol. The van der Waals surface area contributed by atoms with Crippen LogP contribution < -0.4 is 5.32 Å². The maximum atomic E-state index is 11.3. The molecule has 0 rings (SSSR count).